The molecule has 0 aliphatic rings. The van der Waals surface area contributed by atoms with Crippen molar-refractivity contribution in [1.82, 2.24) is 19.9 Å². The second-order valence-corrected chi connectivity index (χ2v) is 5.32. The van der Waals surface area contributed by atoms with E-state index in [1.54, 1.807) is 0 Å². The summed E-state index contributed by atoms with van der Waals surface area (Å²) in [5, 5.41) is 3.31. The Bertz CT molecular complexity index is 845. The van der Waals surface area contributed by atoms with Crippen LogP contribution in [0.4, 0.5) is 13.2 Å². The van der Waals surface area contributed by atoms with Crippen molar-refractivity contribution < 1.29 is 17.9 Å². The smallest absolute Gasteiger partial charge is 0.401 e. The number of ether oxygens (including phenoxy) is 1. The monoisotopic (exact) mass is 336 g/mol. The van der Waals surface area contributed by atoms with Crippen molar-refractivity contribution in [2.75, 3.05) is 6.54 Å². The molecule has 1 aromatic carbocycles. The minimum atomic E-state index is -4.25. The van der Waals surface area contributed by atoms with Crippen LogP contribution in [0.1, 0.15) is 5.69 Å². The first kappa shape index (κ1) is 16.3. The van der Waals surface area contributed by atoms with Crippen LogP contribution in [-0.4, -0.2) is 27.3 Å². The number of aryl methyl sites for hydroxylation is 1. The molecule has 0 unspecified atom stereocenters. The van der Waals surface area contributed by atoms with E-state index < -0.39 is 12.7 Å². The summed E-state index contributed by atoms with van der Waals surface area (Å²) in [5.74, 6) is 0.880. The first-order valence-corrected chi connectivity index (χ1v) is 7.22. The minimum Gasteiger partial charge on any atom is -0.439 e. The maximum Gasteiger partial charge on any atom is 0.401 e. The zero-order valence-corrected chi connectivity index (χ0v) is 12.8. The number of rotatable bonds is 5. The highest BCUT2D eigenvalue weighted by Crippen LogP contribution is 2.25. The summed E-state index contributed by atoms with van der Waals surface area (Å²) in [6.45, 7) is -1.09. The minimum absolute atomic E-state index is 0.0177. The van der Waals surface area contributed by atoms with Gasteiger partial charge in [-0.3, -0.25) is 0 Å². The average Bonchev–Trinajstić information content (AvgIpc) is 2.87. The molecule has 2 aromatic heterocycles. The third-order valence-corrected chi connectivity index (χ3v) is 3.41. The molecule has 0 saturated heterocycles. The molecule has 2 heterocycles. The van der Waals surface area contributed by atoms with Crippen molar-refractivity contribution in [2.45, 2.75) is 12.7 Å². The Balaban J connectivity index is 1.69. The number of benzene rings is 1. The molecule has 3 rings (SSSR count). The number of halogens is 3. The molecule has 0 bridgehead atoms. The van der Waals surface area contributed by atoms with Gasteiger partial charge in [0.15, 0.2) is 0 Å². The zero-order chi connectivity index (χ0) is 17.2. The Hall–Kier alpha value is -2.61. The molecule has 5 nitrogen and oxygen atoms in total. The molecule has 24 heavy (non-hydrogen) atoms. The van der Waals surface area contributed by atoms with E-state index in [0.29, 0.717) is 11.4 Å². The van der Waals surface area contributed by atoms with Gasteiger partial charge in [-0.1, -0.05) is 0 Å². The lowest BCUT2D eigenvalue weighted by atomic mass is 10.2. The lowest BCUT2D eigenvalue weighted by Gasteiger charge is -2.09. The lowest BCUT2D eigenvalue weighted by molar-refractivity contribution is -0.125. The van der Waals surface area contributed by atoms with Crippen LogP contribution in [0, 0.1) is 0 Å². The molecule has 0 amide bonds. The summed E-state index contributed by atoms with van der Waals surface area (Å²) in [4.78, 5) is 7.92. The second-order valence-electron chi connectivity index (χ2n) is 5.32. The fourth-order valence-corrected chi connectivity index (χ4v) is 2.31. The summed E-state index contributed by atoms with van der Waals surface area (Å²) in [6.07, 6.45) is -1.04. The normalized spacial score (nSPS) is 11.8. The van der Waals surface area contributed by atoms with E-state index >= 15 is 0 Å². The second kappa shape index (κ2) is 6.48. The van der Waals surface area contributed by atoms with Crippen LogP contribution in [0.3, 0.4) is 0 Å². The highest BCUT2D eigenvalue weighted by atomic mass is 19.4. The van der Waals surface area contributed by atoms with Crippen molar-refractivity contribution in [3.05, 3.63) is 48.5 Å². The summed E-state index contributed by atoms with van der Waals surface area (Å²) in [6, 6.07) is 9.09. The topological polar surface area (TPSA) is 52.0 Å². The van der Waals surface area contributed by atoms with Crippen LogP contribution in [0.2, 0.25) is 0 Å². The largest absolute Gasteiger partial charge is 0.439 e. The molecule has 0 spiro atoms. The number of aromatic nitrogens is 3. The third-order valence-electron chi connectivity index (χ3n) is 3.41. The SMILES string of the molecule is Cn1ccc2cc(Oc3cc(CNCC(F)(F)F)ncn3)ccc21. The van der Waals surface area contributed by atoms with Gasteiger partial charge < -0.3 is 14.6 Å². The van der Waals surface area contributed by atoms with Gasteiger partial charge in [0, 0.05) is 36.8 Å². The Morgan fingerprint density at radius 3 is 2.79 bits per heavy atom. The molecule has 0 fully saturated rings. The van der Waals surface area contributed by atoms with E-state index in [1.165, 1.54) is 12.4 Å². The highest BCUT2D eigenvalue weighted by Gasteiger charge is 2.26. The molecule has 0 radical (unpaired) electrons. The first-order chi connectivity index (χ1) is 11.4. The van der Waals surface area contributed by atoms with Crippen LogP contribution in [-0.2, 0) is 13.6 Å². The molecule has 3 aromatic rings. The molecule has 0 aliphatic carbocycles. The van der Waals surface area contributed by atoms with E-state index in [4.69, 9.17) is 4.74 Å². The fourth-order valence-electron chi connectivity index (χ4n) is 2.31. The van der Waals surface area contributed by atoms with Gasteiger partial charge in [0.05, 0.1) is 12.2 Å². The van der Waals surface area contributed by atoms with Gasteiger partial charge >= 0.3 is 6.18 Å². The van der Waals surface area contributed by atoms with Crippen molar-refractivity contribution >= 4 is 10.9 Å². The summed E-state index contributed by atoms with van der Waals surface area (Å²) < 4.78 is 44.1. The summed E-state index contributed by atoms with van der Waals surface area (Å²) in [5.41, 5.74) is 1.49. The number of nitrogens with one attached hydrogen (secondary N) is 1. The number of alkyl halides is 3. The van der Waals surface area contributed by atoms with Crippen LogP contribution in [0.5, 0.6) is 11.6 Å². The zero-order valence-electron chi connectivity index (χ0n) is 12.8. The molecule has 0 saturated carbocycles. The fraction of sp³-hybridized carbons (Fsp3) is 0.250. The van der Waals surface area contributed by atoms with E-state index in [-0.39, 0.29) is 12.4 Å². The first-order valence-electron chi connectivity index (χ1n) is 7.22. The Morgan fingerprint density at radius 2 is 2.00 bits per heavy atom. The van der Waals surface area contributed by atoms with Crippen molar-refractivity contribution in [1.29, 1.82) is 0 Å². The van der Waals surface area contributed by atoms with E-state index in [9.17, 15) is 13.2 Å². The van der Waals surface area contributed by atoms with E-state index in [1.807, 2.05) is 42.1 Å². The van der Waals surface area contributed by atoms with Crippen LogP contribution < -0.4 is 10.1 Å². The number of fused-ring (bicyclic) bond motifs is 1. The van der Waals surface area contributed by atoms with Gasteiger partial charge in [-0.25, -0.2) is 9.97 Å². The Morgan fingerprint density at radius 1 is 1.17 bits per heavy atom. The van der Waals surface area contributed by atoms with Crippen molar-refractivity contribution in [2.24, 2.45) is 7.05 Å². The standard InChI is InChI=1S/C16H15F3N4O/c1-23-5-4-11-6-13(2-3-14(11)23)24-15-7-12(21-10-22-15)8-20-9-16(17,18)19/h2-7,10,20H,8-9H2,1H3. The average molecular weight is 336 g/mol. The van der Waals surface area contributed by atoms with Crippen molar-refractivity contribution in [3.63, 3.8) is 0 Å². The molecule has 126 valence electrons. The van der Waals surface area contributed by atoms with Gasteiger partial charge in [0.1, 0.15) is 12.1 Å². The van der Waals surface area contributed by atoms with Gasteiger partial charge in [-0.15, -0.1) is 0 Å². The quantitative estimate of drug-likeness (QED) is 0.776. The molecule has 1 N–H and O–H groups in total. The van der Waals surface area contributed by atoms with Gasteiger partial charge in [-0.05, 0) is 24.3 Å². The molecule has 0 atom stereocenters. The molecule has 8 heteroatoms. The summed E-state index contributed by atoms with van der Waals surface area (Å²) >= 11 is 0. The van der Waals surface area contributed by atoms with Crippen molar-refractivity contribution in [3.8, 4) is 11.6 Å². The van der Waals surface area contributed by atoms with E-state index in [2.05, 4.69) is 15.3 Å². The Kier molecular flexibility index (Phi) is 4.39. The summed E-state index contributed by atoms with van der Waals surface area (Å²) in [7, 11) is 1.95. The van der Waals surface area contributed by atoms with Gasteiger partial charge in [0.2, 0.25) is 5.88 Å². The predicted octanol–water partition coefficient (Wildman–Crippen LogP) is 3.41. The maximum atomic E-state index is 12.1. The maximum absolute atomic E-state index is 12.1. The van der Waals surface area contributed by atoms with E-state index in [0.717, 1.165) is 10.9 Å². The van der Waals surface area contributed by atoms with Gasteiger partial charge in [-0.2, -0.15) is 13.2 Å². The van der Waals surface area contributed by atoms with Gasteiger partial charge in [0.25, 0.3) is 0 Å². The number of hydrogen-bond donors (Lipinski definition) is 1. The highest BCUT2D eigenvalue weighted by molar-refractivity contribution is 5.81. The lowest BCUT2D eigenvalue weighted by Crippen LogP contribution is -2.28. The number of nitrogens with zero attached hydrogens (tertiary/aromatic N) is 3. The van der Waals surface area contributed by atoms with Crippen LogP contribution >= 0.6 is 0 Å². The molecular weight excluding hydrogens is 321 g/mol. The molecule has 0 aliphatic heterocycles. The number of hydrogen-bond acceptors (Lipinski definition) is 4. The predicted molar refractivity (Wildman–Crippen MR) is 82.8 cm³/mol. The van der Waals surface area contributed by atoms with Crippen LogP contribution in [0.25, 0.3) is 10.9 Å². The Labute approximate surface area is 136 Å². The third kappa shape index (κ3) is 4.02. The van der Waals surface area contributed by atoms with Crippen LogP contribution in [0.15, 0.2) is 42.9 Å². The molecular formula is C16H15F3N4O.